The van der Waals surface area contributed by atoms with Gasteiger partial charge in [0.15, 0.2) is 0 Å². The van der Waals surface area contributed by atoms with Gasteiger partial charge in [-0.3, -0.25) is 4.79 Å². The van der Waals surface area contributed by atoms with E-state index in [0.717, 1.165) is 24.8 Å². The average Bonchev–Trinajstić information content (AvgIpc) is 3.10. The van der Waals surface area contributed by atoms with Crippen LogP contribution in [0.4, 0.5) is 0 Å². The van der Waals surface area contributed by atoms with Gasteiger partial charge >= 0.3 is 5.97 Å². The predicted octanol–water partition coefficient (Wildman–Crippen LogP) is 1.94. The van der Waals surface area contributed by atoms with Gasteiger partial charge in [0.1, 0.15) is 6.04 Å². The van der Waals surface area contributed by atoms with Gasteiger partial charge in [-0.05, 0) is 31.2 Å². The molecule has 1 N–H and O–H groups in total. The second-order valence-electron chi connectivity index (χ2n) is 5.66. The molecule has 114 valence electrons. The van der Waals surface area contributed by atoms with Crippen molar-refractivity contribution in [1.82, 2.24) is 4.90 Å². The first-order valence-corrected chi connectivity index (χ1v) is 8.15. The van der Waals surface area contributed by atoms with E-state index in [1.165, 1.54) is 16.2 Å². The summed E-state index contributed by atoms with van der Waals surface area (Å²) in [5, 5.41) is 11.2. The molecule has 21 heavy (non-hydrogen) atoms. The van der Waals surface area contributed by atoms with Crippen molar-refractivity contribution in [2.24, 2.45) is 0 Å². The third-order valence-corrected chi connectivity index (χ3v) is 5.52. The summed E-state index contributed by atoms with van der Waals surface area (Å²) in [5.41, 5.74) is 1.85. The van der Waals surface area contributed by atoms with Crippen molar-refractivity contribution >= 4 is 23.2 Å². The van der Waals surface area contributed by atoms with Gasteiger partial charge in [-0.15, -0.1) is 11.3 Å². The number of nitrogens with zero attached hydrogens (tertiary/aromatic N) is 1. The third kappa shape index (κ3) is 2.58. The van der Waals surface area contributed by atoms with E-state index in [4.69, 9.17) is 4.74 Å². The summed E-state index contributed by atoms with van der Waals surface area (Å²) >= 11 is 1.63. The maximum Gasteiger partial charge on any atom is 0.326 e. The van der Waals surface area contributed by atoms with Crippen LogP contribution < -0.4 is 0 Å². The molecule has 2 heterocycles. The molecular weight excluding hydrogens is 290 g/mol. The Bertz CT molecular complexity index is 568. The quantitative estimate of drug-likeness (QED) is 0.926. The summed E-state index contributed by atoms with van der Waals surface area (Å²) in [5.74, 6) is -1.10. The molecule has 1 aromatic rings. The molecule has 0 saturated carbocycles. The maximum absolute atomic E-state index is 12.8. The largest absolute Gasteiger partial charge is 0.480 e. The fourth-order valence-corrected chi connectivity index (χ4v) is 4.37. The van der Waals surface area contributed by atoms with E-state index < -0.39 is 12.0 Å². The number of methoxy groups -OCH3 is 1. The molecule has 1 amide bonds. The van der Waals surface area contributed by atoms with Crippen LogP contribution in [0.3, 0.4) is 0 Å². The van der Waals surface area contributed by atoms with Crippen LogP contribution in [0.15, 0.2) is 5.38 Å². The summed E-state index contributed by atoms with van der Waals surface area (Å²) in [6.45, 7) is 0.358. The lowest BCUT2D eigenvalue weighted by Gasteiger charge is -2.22. The first kappa shape index (κ1) is 14.5. The predicted molar refractivity (Wildman–Crippen MR) is 78.8 cm³/mol. The molecule has 5 nitrogen and oxygen atoms in total. The highest BCUT2D eigenvalue weighted by Crippen LogP contribution is 2.32. The van der Waals surface area contributed by atoms with Gasteiger partial charge in [-0.2, -0.15) is 0 Å². The highest BCUT2D eigenvalue weighted by molar-refractivity contribution is 7.10. The molecule has 1 aliphatic heterocycles. The molecule has 0 spiro atoms. The SMILES string of the molecule is COC1CC(C(=O)O)N(C(=O)c2csc3c2CCCC3)C1. The van der Waals surface area contributed by atoms with Crippen LogP contribution in [-0.4, -0.2) is 47.7 Å². The summed E-state index contributed by atoms with van der Waals surface area (Å²) < 4.78 is 5.25. The molecule has 1 aromatic heterocycles. The monoisotopic (exact) mass is 309 g/mol. The Balaban J connectivity index is 1.87. The van der Waals surface area contributed by atoms with E-state index >= 15 is 0 Å². The molecule has 2 atom stereocenters. The zero-order valence-electron chi connectivity index (χ0n) is 12.0. The van der Waals surface area contributed by atoms with Crippen LogP contribution >= 0.6 is 11.3 Å². The molecule has 1 saturated heterocycles. The number of carbonyl (C=O) groups is 2. The number of aliphatic carboxylic acids is 1. The van der Waals surface area contributed by atoms with Crippen molar-refractivity contribution in [3.8, 4) is 0 Å². The number of ether oxygens (including phenoxy) is 1. The number of hydrogen-bond acceptors (Lipinski definition) is 4. The van der Waals surface area contributed by atoms with E-state index in [2.05, 4.69) is 0 Å². The second kappa shape index (κ2) is 5.77. The molecule has 0 bridgehead atoms. The van der Waals surface area contributed by atoms with Gasteiger partial charge < -0.3 is 14.7 Å². The Morgan fingerprint density at radius 1 is 1.38 bits per heavy atom. The molecule has 1 aliphatic carbocycles. The van der Waals surface area contributed by atoms with E-state index in [1.807, 2.05) is 5.38 Å². The highest BCUT2D eigenvalue weighted by Gasteiger charge is 2.41. The second-order valence-corrected chi connectivity index (χ2v) is 6.63. The van der Waals surface area contributed by atoms with Crippen molar-refractivity contribution in [3.05, 3.63) is 21.4 Å². The number of fused-ring (bicyclic) bond motifs is 1. The maximum atomic E-state index is 12.8. The molecule has 2 unspecified atom stereocenters. The van der Waals surface area contributed by atoms with Crippen molar-refractivity contribution < 1.29 is 19.4 Å². The molecule has 1 fully saturated rings. The van der Waals surface area contributed by atoms with Crippen LogP contribution in [0, 0.1) is 0 Å². The molecule has 0 radical (unpaired) electrons. The Kier molecular flexibility index (Phi) is 3.99. The van der Waals surface area contributed by atoms with E-state index in [0.29, 0.717) is 18.5 Å². The zero-order chi connectivity index (χ0) is 15.0. The number of carboxylic acid groups (broad SMARTS) is 1. The van der Waals surface area contributed by atoms with Crippen LogP contribution in [0.5, 0.6) is 0 Å². The minimum Gasteiger partial charge on any atom is -0.480 e. The Morgan fingerprint density at radius 3 is 2.86 bits per heavy atom. The van der Waals surface area contributed by atoms with Crippen molar-refractivity contribution in [3.63, 3.8) is 0 Å². The Hall–Kier alpha value is -1.40. The third-order valence-electron chi connectivity index (χ3n) is 4.43. The minimum absolute atomic E-state index is 0.152. The summed E-state index contributed by atoms with van der Waals surface area (Å²) in [4.78, 5) is 26.9. The number of carbonyl (C=O) groups excluding carboxylic acids is 1. The van der Waals surface area contributed by atoms with E-state index in [9.17, 15) is 14.7 Å². The summed E-state index contributed by atoms with van der Waals surface area (Å²) in [6.07, 6.45) is 4.42. The molecule has 0 aromatic carbocycles. The molecular formula is C15H19NO4S. The topological polar surface area (TPSA) is 66.8 Å². The number of amides is 1. The lowest BCUT2D eigenvalue weighted by Crippen LogP contribution is -2.40. The molecule has 3 rings (SSSR count). The van der Waals surface area contributed by atoms with E-state index in [-0.39, 0.29) is 12.0 Å². The van der Waals surface area contributed by atoms with Crippen LogP contribution in [-0.2, 0) is 22.4 Å². The summed E-state index contributed by atoms with van der Waals surface area (Å²) in [6, 6.07) is -0.776. The van der Waals surface area contributed by atoms with Crippen LogP contribution in [0.2, 0.25) is 0 Å². The lowest BCUT2D eigenvalue weighted by molar-refractivity contribution is -0.141. The number of hydrogen-bond donors (Lipinski definition) is 1. The number of rotatable bonds is 3. The van der Waals surface area contributed by atoms with Gasteiger partial charge in [0.25, 0.3) is 5.91 Å². The van der Waals surface area contributed by atoms with Gasteiger partial charge in [0.2, 0.25) is 0 Å². The fraction of sp³-hybridized carbons (Fsp3) is 0.600. The number of thiophene rings is 1. The highest BCUT2D eigenvalue weighted by atomic mass is 32.1. The average molecular weight is 309 g/mol. The van der Waals surface area contributed by atoms with Crippen molar-refractivity contribution in [1.29, 1.82) is 0 Å². The van der Waals surface area contributed by atoms with Crippen molar-refractivity contribution in [2.45, 2.75) is 44.2 Å². The van der Waals surface area contributed by atoms with Gasteiger partial charge in [0, 0.05) is 30.3 Å². The normalized spacial score (nSPS) is 24.9. The number of carboxylic acids is 1. The zero-order valence-corrected chi connectivity index (χ0v) is 12.8. The smallest absolute Gasteiger partial charge is 0.326 e. The lowest BCUT2D eigenvalue weighted by atomic mass is 9.95. The van der Waals surface area contributed by atoms with E-state index in [1.54, 1.807) is 18.4 Å². The minimum atomic E-state index is -0.952. The first-order chi connectivity index (χ1) is 10.1. The number of aryl methyl sites for hydroxylation is 1. The van der Waals surface area contributed by atoms with Gasteiger partial charge in [0.05, 0.1) is 11.7 Å². The van der Waals surface area contributed by atoms with Crippen LogP contribution in [0.1, 0.15) is 40.1 Å². The standard InChI is InChI=1S/C15H19NO4S/c1-20-9-6-12(15(18)19)16(7-9)14(17)11-8-21-13-5-3-2-4-10(11)13/h8-9,12H,2-7H2,1H3,(H,18,19). The molecule has 2 aliphatic rings. The van der Waals surface area contributed by atoms with Crippen molar-refractivity contribution in [2.75, 3.05) is 13.7 Å². The van der Waals surface area contributed by atoms with Gasteiger partial charge in [-0.1, -0.05) is 0 Å². The first-order valence-electron chi connectivity index (χ1n) is 7.27. The fourth-order valence-electron chi connectivity index (χ4n) is 3.25. The summed E-state index contributed by atoms with van der Waals surface area (Å²) in [7, 11) is 1.56. The Labute approximate surface area is 127 Å². The number of likely N-dealkylation sites (tertiary alicyclic amines) is 1. The van der Waals surface area contributed by atoms with Gasteiger partial charge in [-0.25, -0.2) is 4.79 Å². The van der Waals surface area contributed by atoms with Crippen LogP contribution in [0.25, 0.3) is 0 Å². The Morgan fingerprint density at radius 2 is 2.14 bits per heavy atom. The molecule has 6 heteroatoms.